The highest BCUT2D eigenvalue weighted by molar-refractivity contribution is 5.82. The number of unbranched alkanes of at least 4 members (excludes halogenated alkanes) is 3. The summed E-state index contributed by atoms with van der Waals surface area (Å²) in [4.78, 5) is 2.27. The van der Waals surface area contributed by atoms with Crippen LogP contribution in [0.3, 0.4) is 0 Å². The molecule has 2 heterocycles. The highest BCUT2D eigenvalue weighted by Crippen LogP contribution is 2.49. The van der Waals surface area contributed by atoms with E-state index in [-0.39, 0.29) is 11.0 Å². The molecule has 2 aliphatic rings. The topological polar surface area (TPSA) is 32.7 Å². The van der Waals surface area contributed by atoms with Crippen molar-refractivity contribution in [3.8, 4) is 23.8 Å². The van der Waals surface area contributed by atoms with E-state index in [0.29, 0.717) is 12.3 Å². The van der Waals surface area contributed by atoms with E-state index in [0.717, 1.165) is 42.8 Å². The summed E-state index contributed by atoms with van der Waals surface area (Å²) in [5.41, 5.74) is 4.15. The predicted molar refractivity (Wildman–Crippen MR) is 121 cm³/mol. The Kier molecular flexibility index (Phi) is 6.34. The van der Waals surface area contributed by atoms with Crippen molar-refractivity contribution in [3.63, 3.8) is 0 Å². The van der Waals surface area contributed by atoms with E-state index >= 15 is 0 Å². The van der Waals surface area contributed by atoms with Crippen molar-refractivity contribution in [1.82, 2.24) is 4.90 Å². The van der Waals surface area contributed by atoms with E-state index < -0.39 is 0 Å². The zero-order valence-electron chi connectivity index (χ0n) is 18.9. The Hall–Kier alpha value is -1.92. The summed E-state index contributed by atoms with van der Waals surface area (Å²) in [7, 11) is 0. The average molecular weight is 396 g/mol. The summed E-state index contributed by atoms with van der Waals surface area (Å²) in [6.45, 7) is 13.4. The molecule has 3 heteroatoms. The quantitative estimate of drug-likeness (QED) is 0.460. The van der Waals surface area contributed by atoms with Crippen LogP contribution < -0.4 is 4.74 Å². The van der Waals surface area contributed by atoms with Crippen LogP contribution in [0.25, 0.3) is 5.57 Å². The fourth-order valence-corrected chi connectivity index (χ4v) is 4.83. The molecule has 0 unspecified atom stereocenters. The van der Waals surface area contributed by atoms with Gasteiger partial charge in [0.25, 0.3) is 0 Å². The van der Waals surface area contributed by atoms with Gasteiger partial charge >= 0.3 is 0 Å². The molecule has 0 saturated heterocycles. The lowest BCUT2D eigenvalue weighted by Crippen LogP contribution is -2.42. The van der Waals surface area contributed by atoms with Crippen molar-refractivity contribution in [2.45, 2.75) is 84.2 Å². The summed E-state index contributed by atoms with van der Waals surface area (Å²) in [5, 5.41) is 11.1. The fourth-order valence-electron chi connectivity index (χ4n) is 4.83. The first-order valence-corrected chi connectivity index (χ1v) is 11.1. The molecule has 0 aliphatic carbocycles. The predicted octanol–water partition coefficient (Wildman–Crippen LogP) is 5.90. The molecule has 3 nitrogen and oxygen atoms in total. The molecule has 3 rings (SSSR count). The molecule has 29 heavy (non-hydrogen) atoms. The van der Waals surface area contributed by atoms with Crippen LogP contribution in [0.2, 0.25) is 0 Å². The van der Waals surface area contributed by atoms with E-state index in [1.807, 2.05) is 6.07 Å². The highest BCUT2D eigenvalue weighted by Gasteiger charge is 2.39. The second-order valence-electron chi connectivity index (χ2n) is 9.80. The van der Waals surface area contributed by atoms with Crippen molar-refractivity contribution in [2.75, 3.05) is 19.6 Å². The molecule has 1 N–H and O–H groups in total. The number of fused-ring (bicyclic) bond motifs is 2. The zero-order chi connectivity index (χ0) is 21.2. The summed E-state index contributed by atoms with van der Waals surface area (Å²) in [6.07, 6.45) is 12.6. The molecular formula is C26H37NO2. The molecular weight excluding hydrogens is 358 g/mol. The van der Waals surface area contributed by atoms with E-state index in [1.165, 1.54) is 36.8 Å². The second-order valence-corrected chi connectivity index (χ2v) is 9.80. The molecule has 0 saturated carbocycles. The van der Waals surface area contributed by atoms with Crippen LogP contribution in [0.15, 0.2) is 17.7 Å². The Morgan fingerprint density at radius 1 is 1.24 bits per heavy atom. The van der Waals surface area contributed by atoms with E-state index in [4.69, 9.17) is 11.2 Å². The van der Waals surface area contributed by atoms with Crippen LogP contribution in [0, 0.1) is 12.3 Å². The van der Waals surface area contributed by atoms with Gasteiger partial charge in [0.1, 0.15) is 17.1 Å². The number of nitrogens with zero attached hydrogens (tertiary/aromatic N) is 1. The Labute approximate surface area is 177 Å². The van der Waals surface area contributed by atoms with Gasteiger partial charge in [-0.05, 0) is 60.9 Å². The minimum Gasteiger partial charge on any atom is -0.507 e. The van der Waals surface area contributed by atoms with Gasteiger partial charge in [0.05, 0.1) is 12.1 Å². The molecule has 0 fully saturated rings. The SMILES string of the molecule is C#CCN1CCC2=C(C1)c1c(O)cc(C(C)(C)CCCCCC)cc1OC2(C)C. The first-order valence-electron chi connectivity index (χ1n) is 11.1. The second kappa shape index (κ2) is 8.44. The van der Waals surface area contributed by atoms with Crippen molar-refractivity contribution in [1.29, 1.82) is 0 Å². The first kappa shape index (κ1) is 21.8. The largest absolute Gasteiger partial charge is 0.507 e. The van der Waals surface area contributed by atoms with Gasteiger partial charge in [-0.25, -0.2) is 0 Å². The number of hydrogen-bond donors (Lipinski definition) is 1. The first-order chi connectivity index (χ1) is 13.7. The molecule has 1 aromatic carbocycles. The summed E-state index contributed by atoms with van der Waals surface area (Å²) >= 11 is 0. The number of ether oxygens (including phenoxy) is 1. The number of rotatable bonds is 7. The normalized spacial score (nSPS) is 18.6. The molecule has 0 bridgehead atoms. The average Bonchev–Trinajstić information content (AvgIpc) is 2.64. The van der Waals surface area contributed by atoms with E-state index in [2.05, 4.69) is 51.5 Å². The van der Waals surface area contributed by atoms with Gasteiger partial charge in [-0.3, -0.25) is 4.90 Å². The van der Waals surface area contributed by atoms with Gasteiger partial charge in [0.2, 0.25) is 0 Å². The minimum absolute atomic E-state index is 0.00445. The Bertz CT molecular complexity index is 826. The van der Waals surface area contributed by atoms with E-state index in [1.54, 1.807) is 0 Å². The van der Waals surface area contributed by atoms with Gasteiger partial charge in [-0.2, -0.15) is 0 Å². The van der Waals surface area contributed by atoms with Crippen LogP contribution in [0.4, 0.5) is 0 Å². The lowest BCUT2D eigenvalue weighted by molar-refractivity contribution is 0.131. The summed E-state index contributed by atoms with van der Waals surface area (Å²) < 4.78 is 6.47. The van der Waals surface area contributed by atoms with Gasteiger partial charge < -0.3 is 9.84 Å². The standard InChI is InChI=1S/C26H37NO2/c1-7-9-10-11-13-25(3,4)19-16-22(28)24-20-18-27(14-8-2)15-12-21(20)26(5,6)29-23(24)17-19/h2,16-17,28H,7,9-15,18H2,1,3-6H3. The maximum absolute atomic E-state index is 11.1. The van der Waals surface area contributed by atoms with Gasteiger partial charge in [-0.1, -0.05) is 52.4 Å². The number of hydrogen-bond acceptors (Lipinski definition) is 3. The van der Waals surface area contributed by atoms with Crippen molar-refractivity contribution < 1.29 is 9.84 Å². The highest BCUT2D eigenvalue weighted by atomic mass is 16.5. The summed E-state index contributed by atoms with van der Waals surface area (Å²) in [5.74, 6) is 3.91. The number of benzene rings is 1. The van der Waals surface area contributed by atoms with Gasteiger partial charge in [0, 0.05) is 13.1 Å². The maximum atomic E-state index is 11.1. The van der Waals surface area contributed by atoms with Gasteiger partial charge in [-0.15, -0.1) is 6.42 Å². The monoisotopic (exact) mass is 395 g/mol. The lowest BCUT2D eigenvalue weighted by Gasteiger charge is -2.42. The molecule has 0 radical (unpaired) electrons. The minimum atomic E-state index is -0.360. The van der Waals surface area contributed by atoms with Crippen molar-refractivity contribution in [2.24, 2.45) is 0 Å². The molecule has 0 atom stereocenters. The van der Waals surface area contributed by atoms with Crippen LogP contribution in [0.5, 0.6) is 11.5 Å². The van der Waals surface area contributed by atoms with Gasteiger partial charge in [0.15, 0.2) is 0 Å². The third-order valence-electron chi connectivity index (χ3n) is 6.65. The molecule has 1 aromatic rings. The van der Waals surface area contributed by atoms with Crippen molar-refractivity contribution >= 4 is 5.57 Å². The molecule has 0 amide bonds. The number of phenolic OH excluding ortho intramolecular Hbond substituents is 1. The molecule has 0 spiro atoms. The number of aromatic hydroxyl groups is 1. The van der Waals surface area contributed by atoms with Crippen LogP contribution in [0.1, 0.15) is 84.3 Å². The Morgan fingerprint density at radius 3 is 2.69 bits per heavy atom. The lowest BCUT2D eigenvalue weighted by atomic mass is 9.77. The van der Waals surface area contributed by atoms with E-state index in [9.17, 15) is 5.11 Å². The van der Waals surface area contributed by atoms with Crippen LogP contribution in [-0.2, 0) is 5.41 Å². The third kappa shape index (κ3) is 4.48. The number of terminal acetylenes is 1. The van der Waals surface area contributed by atoms with Crippen LogP contribution in [-0.4, -0.2) is 35.2 Å². The Balaban J connectivity index is 1.96. The molecule has 158 valence electrons. The smallest absolute Gasteiger partial charge is 0.132 e. The maximum Gasteiger partial charge on any atom is 0.132 e. The summed E-state index contributed by atoms with van der Waals surface area (Å²) in [6, 6.07) is 4.13. The zero-order valence-corrected chi connectivity index (χ0v) is 18.9. The fraction of sp³-hybridized carbons (Fsp3) is 0.615. The number of phenols is 1. The Morgan fingerprint density at radius 2 is 2.00 bits per heavy atom. The molecule has 0 aromatic heterocycles. The third-order valence-corrected chi connectivity index (χ3v) is 6.65. The molecule has 2 aliphatic heterocycles. The van der Waals surface area contributed by atoms with Crippen LogP contribution >= 0.6 is 0 Å². The van der Waals surface area contributed by atoms with Crippen molar-refractivity contribution in [3.05, 3.63) is 28.8 Å².